The molecule has 0 N–H and O–H groups in total. The third-order valence-corrected chi connectivity index (χ3v) is 3.96. The molecule has 1 aliphatic heterocycles. The largest absolute Gasteiger partial charge is 0.332 e. The van der Waals surface area contributed by atoms with Crippen LogP contribution in [0, 0.1) is 0 Å². The zero-order chi connectivity index (χ0) is 13.3. The lowest BCUT2D eigenvalue weighted by Crippen LogP contribution is -2.47. The first-order chi connectivity index (χ1) is 8.50. The first-order valence-electron chi connectivity index (χ1n) is 6.15. The summed E-state index contributed by atoms with van der Waals surface area (Å²) in [6, 6.07) is 3.64. The van der Waals surface area contributed by atoms with Crippen LogP contribution >= 0.6 is 23.2 Å². The number of hydrogen-bond donors (Lipinski definition) is 0. The van der Waals surface area contributed by atoms with Crippen molar-refractivity contribution in [2.75, 3.05) is 0 Å². The van der Waals surface area contributed by atoms with Gasteiger partial charge in [0.2, 0.25) is 0 Å². The second-order valence-corrected chi connectivity index (χ2v) is 5.60. The van der Waals surface area contributed by atoms with Crippen molar-refractivity contribution in [3.05, 3.63) is 28.0 Å². The molecule has 0 saturated carbocycles. The number of pyridine rings is 1. The fourth-order valence-corrected chi connectivity index (χ4v) is 2.85. The average molecular weight is 287 g/mol. The molecular formula is C13H16Cl2N2O. The fraction of sp³-hybridized carbons (Fsp3) is 0.538. The zero-order valence-electron chi connectivity index (χ0n) is 10.5. The van der Waals surface area contributed by atoms with Crippen LogP contribution in [0.5, 0.6) is 0 Å². The Balaban J connectivity index is 2.32. The molecule has 18 heavy (non-hydrogen) atoms. The first-order valence-corrected chi connectivity index (χ1v) is 6.91. The number of aromatic nitrogens is 1. The van der Waals surface area contributed by atoms with Crippen LogP contribution < -0.4 is 0 Å². The Bertz CT molecular complexity index is 454. The summed E-state index contributed by atoms with van der Waals surface area (Å²) in [5.41, 5.74) is 0.254. The molecule has 2 atom stereocenters. The van der Waals surface area contributed by atoms with Crippen molar-refractivity contribution in [1.29, 1.82) is 0 Å². The van der Waals surface area contributed by atoms with E-state index in [1.807, 2.05) is 4.90 Å². The predicted molar refractivity (Wildman–Crippen MR) is 73.2 cm³/mol. The van der Waals surface area contributed by atoms with Crippen molar-refractivity contribution in [2.24, 2.45) is 0 Å². The number of hydrogen-bond acceptors (Lipinski definition) is 2. The SMILES string of the molecule is C[C@@H]1CCC[C@H](C)N1C(=O)c1nc(Cl)ccc1Cl. The van der Waals surface area contributed by atoms with Crippen LogP contribution in [-0.4, -0.2) is 27.9 Å². The van der Waals surface area contributed by atoms with E-state index in [1.54, 1.807) is 12.1 Å². The van der Waals surface area contributed by atoms with Crippen LogP contribution in [0.1, 0.15) is 43.6 Å². The third kappa shape index (κ3) is 2.62. The van der Waals surface area contributed by atoms with Gasteiger partial charge in [0.1, 0.15) is 10.8 Å². The van der Waals surface area contributed by atoms with E-state index in [0.29, 0.717) is 10.2 Å². The molecule has 2 rings (SSSR count). The van der Waals surface area contributed by atoms with Gasteiger partial charge in [-0.25, -0.2) is 4.98 Å². The lowest BCUT2D eigenvalue weighted by molar-refractivity contribution is 0.0505. The molecule has 0 aromatic carbocycles. The summed E-state index contributed by atoms with van der Waals surface area (Å²) in [4.78, 5) is 18.4. The lowest BCUT2D eigenvalue weighted by Gasteiger charge is -2.38. The second kappa shape index (κ2) is 5.45. The first kappa shape index (κ1) is 13.6. The smallest absolute Gasteiger partial charge is 0.274 e. The molecule has 5 heteroatoms. The predicted octanol–water partition coefficient (Wildman–Crippen LogP) is 3.79. The fourth-order valence-electron chi connectivity index (χ4n) is 2.51. The van der Waals surface area contributed by atoms with Crippen LogP contribution in [-0.2, 0) is 0 Å². The highest BCUT2D eigenvalue weighted by molar-refractivity contribution is 6.34. The van der Waals surface area contributed by atoms with Crippen molar-refractivity contribution >= 4 is 29.1 Å². The van der Waals surface area contributed by atoms with Crippen molar-refractivity contribution in [3.63, 3.8) is 0 Å². The Morgan fingerprint density at radius 2 is 1.89 bits per heavy atom. The quantitative estimate of drug-likeness (QED) is 0.736. The number of amides is 1. The van der Waals surface area contributed by atoms with Crippen LogP contribution in [0.3, 0.4) is 0 Å². The molecule has 1 fully saturated rings. The van der Waals surface area contributed by atoms with E-state index in [1.165, 1.54) is 0 Å². The number of carbonyl (C=O) groups is 1. The standard InChI is InChI=1S/C13H16Cl2N2O/c1-8-4-3-5-9(2)17(8)13(18)12-10(14)6-7-11(15)16-12/h6-9H,3-5H2,1-2H3/t8-,9+. The molecule has 3 nitrogen and oxygen atoms in total. The summed E-state index contributed by atoms with van der Waals surface area (Å²) in [5, 5.41) is 0.648. The molecule has 1 aromatic heterocycles. The maximum atomic E-state index is 12.5. The van der Waals surface area contributed by atoms with E-state index >= 15 is 0 Å². The topological polar surface area (TPSA) is 33.2 Å². The molecule has 2 heterocycles. The van der Waals surface area contributed by atoms with Gasteiger partial charge in [-0.05, 0) is 45.2 Å². The van der Waals surface area contributed by atoms with Gasteiger partial charge in [0, 0.05) is 12.1 Å². The number of piperidine rings is 1. The van der Waals surface area contributed by atoms with Crippen LogP contribution in [0.25, 0.3) is 0 Å². The van der Waals surface area contributed by atoms with Gasteiger partial charge in [0.05, 0.1) is 5.02 Å². The maximum Gasteiger partial charge on any atom is 0.274 e. The van der Waals surface area contributed by atoms with Gasteiger partial charge < -0.3 is 4.90 Å². The molecule has 1 aliphatic rings. The van der Waals surface area contributed by atoms with Crippen LogP contribution in [0.2, 0.25) is 10.2 Å². The van der Waals surface area contributed by atoms with E-state index in [9.17, 15) is 4.79 Å². The third-order valence-electron chi connectivity index (χ3n) is 3.44. The number of likely N-dealkylation sites (tertiary alicyclic amines) is 1. The summed E-state index contributed by atoms with van der Waals surface area (Å²) in [6.45, 7) is 4.12. The molecule has 1 aromatic rings. The molecule has 0 aliphatic carbocycles. The highest BCUT2D eigenvalue weighted by atomic mass is 35.5. The molecular weight excluding hydrogens is 271 g/mol. The van der Waals surface area contributed by atoms with Gasteiger partial charge >= 0.3 is 0 Å². The average Bonchev–Trinajstić information content (AvgIpc) is 2.32. The minimum Gasteiger partial charge on any atom is -0.332 e. The Morgan fingerprint density at radius 3 is 2.50 bits per heavy atom. The van der Waals surface area contributed by atoms with E-state index in [4.69, 9.17) is 23.2 Å². The van der Waals surface area contributed by atoms with Gasteiger partial charge in [0.25, 0.3) is 5.91 Å². The minimum absolute atomic E-state index is 0.123. The van der Waals surface area contributed by atoms with E-state index in [0.717, 1.165) is 19.3 Å². The number of carbonyl (C=O) groups excluding carboxylic acids is 1. The molecule has 0 bridgehead atoms. The summed E-state index contributed by atoms with van der Waals surface area (Å²) >= 11 is 11.9. The van der Waals surface area contributed by atoms with Crippen molar-refractivity contribution in [2.45, 2.75) is 45.2 Å². The van der Waals surface area contributed by atoms with E-state index < -0.39 is 0 Å². The molecule has 0 radical (unpaired) electrons. The van der Waals surface area contributed by atoms with Crippen LogP contribution in [0.15, 0.2) is 12.1 Å². The van der Waals surface area contributed by atoms with Crippen molar-refractivity contribution in [1.82, 2.24) is 9.88 Å². The maximum absolute atomic E-state index is 12.5. The number of rotatable bonds is 1. The number of halogens is 2. The molecule has 0 spiro atoms. The second-order valence-electron chi connectivity index (χ2n) is 4.81. The Hall–Kier alpha value is -0.800. The normalized spacial score (nSPS) is 24.1. The monoisotopic (exact) mass is 286 g/mol. The Labute approximate surface area is 117 Å². The number of nitrogens with zero attached hydrogens (tertiary/aromatic N) is 2. The van der Waals surface area contributed by atoms with Crippen molar-refractivity contribution < 1.29 is 4.79 Å². The minimum atomic E-state index is -0.123. The van der Waals surface area contributed by atoms with Crippen molar-refractivity contribution in [3.8, 4) is 0 Å². The summed E-state index contributed by atoms with van der Waals surface area (Å²) in [5.74, 6) is -0.123. The van der Waals surface area contributed by atoms with Crippen LogP contribution in [0.4, 0.5) is 0 Å². The van der Waals surface area contributed by atoms with Gasteiger partial charge in [-0.1, -0.05) is 23.2 Å². The highest BCUT2D eigenvalue weighted by Crippen LogP contribution is 2.26. The molecule has 98 valence electrons. The highest BCUT2D eigenvalue weighted by Gasteiger charge is 2.31. The van der Waals surface area contributed by atoms with Gasteiger partial charge in [-0.3, -0.25) is 4.79 Å². The molecule has 0 unspecified atom stereocenters. The lowest BCUT2D eigenvalue weighted by atomic mass is 9.97. The molecule has 1 saturated heterocycles. The van der Waals surface area contributed by atoms with Gasteiger partial charge in [-0.2, -0.15) is 0 Å². The van der Waals surface area contributed by atoms with E-state index in [-0.39, 0.29) is 23.7 Å². The molecule has 1 amide bonds. The Kier molecular flexibility index (Phi) is 4.13. The summed E-state index contributed by atoms with van der Waals surface area (Å²) < 4.78 is 0. The zero-order valence-corrected chi connectivity index (χ0v) is 12.0. The summed E-state index contributed by atoms with van der Waals surface area (Å²) in [6.07, 6.45) is 3.20. The van der Waals surface area contributed by atoms with Gasteiger partial charge in [0.15, 0.2) is 0 Å². The van der Waals surface area contributed by atoms with E-state index in [2.05, 4.69) is 18.8 Å². The van der Waals surface area contributed by atoms with Gasteiger partial charge in [-0.15, -0.1) is 0 Å². The Morgan fingerprint density at radius 1 is 1.28 bits per heavy atom. The summed E-state index contributed by atoms with van der Waals surface area (Å²) in [7, 11) is 0.